The fourth-order valence-electron chi connectivity index (χ4n) is 3.09. The number of aryl methyl sites for hydroxylation is 1. The minimum atomic E-state index is -3.78. The Bertz CT molecular complexity index is 1270. The molecule has 3 aromatic carbocycles. The summed E-state index contributed by atoms with van der Waals surface area (Å²) in [6, 6.07) is 18.8. The van der Waals surface area contributed by atoms with E-state index in [0.29, 0.717) is 17.7 Å². The minimum absolute atomic E-state index is 0.0989. The molecular formula is C21H16NO5S-. The molecule has 1 heterocycles. The molecule has 0 fully saturated rings. The Morgan fingerprint density at radius 2 is 1.64 bits per heavy atom. The van der Waals surface area contributed by atoms with Crippen LogP contribution < -0.4 is 9.83 Å². The first-order valence-corrected chi connectivity index (χ1v) is 10.1. The van der Waals surface area contributed by atoms with Gasteiger partial charge in [0.2, 0.25) is 0 Å². The van der Waals surface area contributed by atoms with Gasteiger partial charge in [-0.2, -0.15) is 0 Å². The summed E-state index contributed by atoms with van der Waals surface area (Å²) in [6.07, 6.45) is 0.184. The van der Waals surface area contributed by atoms with Crippen molar-refractivity contribution in [2.75, 3.05) is 4.72 Å². The number of carboxylic acid groups (broad SMARTS) is 1. The molecule has 4 rings (SSSR count). The number of carbonyl (C=O) groups excluding carboxylic acids is 1. The summed E-state index contributed by atoms with van der Waals surface area (Å²) in [5.74, 6) is -1.14. The number of benzene rings is 3. The standard InChI is InChI=1S/C21H17NO5S/c23-21(24)12-7-14-5-9-16(10-6-14)28(25,26)22-15-8-11-20-18(13-15)17-3-1-2-4-19(17)27-20/h1-6,8-11,13,22H,7,12H2,(H,23,24)/p-1. The van der Waals surface area contributed by atoms with E-state index in [9.17, 15) is 18.3 Å². The first-order chi connectivity index (χ1) is 13.4. The SMILES string of the molecule is O=C([O-])CCc1ccc(S(=O)(=O)Nc2ccc3oc4ccccc4c3c2)cc1. The van der Waals surface area contributed by atoms with Crippen LogP contribution in [0.5, 0.6) is 0 Å². The molecule has 0 bridgehead atoms. The maximum atomic E-state index is 12.7. The molecule has 0 amide bonds. The molecule has 1 N–H and O–H groups in total. The average molecular weight is 394 g/mol. The van der Waals surface area contributed by atoms with Gasteiger partial charge in [0, 0.05) is 22.4 Å². The lowest BCUT2D eigenvalue weighted by Gasteiger charge is -2.09. The zero-order valence-corrected chi connectivity index (χ0v) is 15.5. The van der Waals surface area contributed by atoms with Crippen LogP contribution in [-0.2, 0) is 21.2 Å². The first kappa shape index (κ1) is 18.1. The Morgan fingerprint density at radius 1 is 0.929 bits per heavy atom. The third-order valence-corrected chi connectivity index (χ3v) is 5.88. The fourth-order valence-corrected chi connectivity index (χ4v) is 4.13. The van der Waals surface area contributed by atoms with Crippen molar-refractivity contribution >= 4 is 43.6 Å². The highest BCUT2D eigenvalue weighted by molar-refractivity contribution is 7.92. The number of hydrogen-bond acceptors (Lipinski definition) is 5. The smallest absolute Gasteiger partial charge is 0.261 e. The first-order valence-electron chi connectivity index (χ1n) is 8.65. The third kappa shape index (κ3) is 3.57. The maximum Gasteiger partial charge on any atom is 0.261 e. The van der Waals surface area contributed by atoms with Crippen LogP contribution in [0.2, 0.25) is 0 Å². The van der Waals surface area contributed by atoms with Gasteiger partial charge in [-0.25, -0.2) is 8.42 Å². The van der Waals surface area contributed by atoms with E-state index in [-0.39, 0.29) is 11.3 Å². The molecule has 7 heteroatoms. The van der Waals surface area contributed by atoms with Crippen molar-refractivity contribution in [3.05, 3.63) is 72.3 Å². The number of nitrogens with one attached hydrogen (secondary N) is 1. The van der Waals surface area contributed by atoms with E-state index in [1.165, 1.54) is 12.1 Å². The lowest BCUT2D eigenvalue weighted by molar-refractivity contribution is -0.305. The summed E-state index contributed by atoms with van der Waals surface area (Å²) < 4.78 is 33.7. The van der Waals surface area contributed by atoms with Gasteiger partial charge < -0.3 is 14.3 Å². The van der Waals surface area contributed by atoms with Crippen LogP contribution in [0.1, 0.15) is 12.0 Å². The molecule has 0 aliphatic rings. The Morgan fingerprint density at radius 3 is 2.39 bits per heavy atom. The summed E-state index contributed by atoms with van der Waals surface area (Å²) in [7, 11) is -3.78. The molecule has 0 aliphatic heterocycles. The van der Waals surface area contributed by atoms with E-state index in [1.54, 1.807) is 30.3 Å². The van der Waals surface area contributed by atoms with Crippen molar-refractivity contribution in [1.82, 2.24) is 0 Å². The largest absolute Gasteiger partial charge is 0.550 e. The fraction of sp³-hybridized carbons (Fsp3) is 0.0952. The van der Waals surface area contributed by atoms with Gasteiger partial charge in [0.25, 0.3) is 10.0 Å². The van der Waals surface area contributed by atoms with Crippen LogP contribution in [0.15, 0.2) is 76.0 Å². The van der Waals surface area contributed by atoms with E-state index in [4.69, 9.17) is 4.42 Å². The summed E-state index contributed by atoms with van der Waals surface area (Å²) >= 11 is 0. The number of furan rings is 1. The van der Waals surface area contributed by atoms with Crippen molar-refractivity contribution in [2.45, 2.75) is 17.7 Å². The molecular weight excluding hydrogens is 378 g/mol. The number of rotatable bonds is 6. The molecule has 0 atom stereocenters. The normalized spacial score (nSPS) is 11.7. The van der Waals surface area contributed by atoms with E-state index in [2.05, 4.69) is 4.72 Å². The lowest BCUT2D eigenvalue weighted by Crippen LogP contribution is -2.22. The number of para-hydroxylation sites is 1. The highest BCUT2D eigenvalue weighted by Crippen LogP contribution is 2.31. The molecule has 28 heavy (non-hydrogen) atoms. The predicted octanol–water partition coefficient (Wildman–Crippen LogP) is 3.07. The highest BCUT2D eigenvalue weighted by atomic mass is 32.2. The van der Waals surface area contributed by atoms with E-state index in [0.717, 1.165) is 21.9 Å². The average Bonchev–Trinajstić information content (AvgIpc) is 3.04. The molecule has 0 saturated heterocycles. The second kappa shape index (κ2) is 7.01. The van der Waals surface area contributed by atoms with E-state index in [1.807, 2.05) is 24.3 Å². The minimum Gasteiger partial charge on any atom is -0.550 e. The zero-order valence-electron chi connectivity index (χ0n) is 14.7. The topological polar surface area (TPSA) is 99.4 Å². The predicted molar refractivity (Wildman–Crippen MR) is 104 cm³/mol. The van der Waals surface area contributed by atoms with Crippen LogP contribution in [0.25, 0.3) is 21.9 Å². The molecule has 0 radical (unpaired) electrons. The Balaban J connectivity index is 1.60. The third-order valence-electron chi connectivity index (χ3n) is 4.48. The molecule has 6 nitrogen and oxygen atoms in total. The van der Waals surface area contributed by atoms with Crippen LogP contribution >= 0.6 is 0 Å². The lowest BCUT2D eigenvalue weighted by atomic mass is 10.1. The number of hydrogen-bond donors (Lipinski definition) is 1. The van der Waals surface area contributed by atoms with Gasteiger partial charge >= 0.3 is 0 Å². The number of sulfonamides is 1. The van der Waals surface area contributed by atoms with Gasteiger partial charge in [0.1, 0.15) is 11.2 Å². The van der Waals surface area contributed by atoms with Gasteiger partial charge in [-0.1, -0.05) is 30.3 Å². The van der Waals surface area contributed by atoms with Crippen molar-refractivity contribution in [2.24, 2.45) is 0 Å². The van der Waals surface area contributed by atoms with Crippen LogP contribution in [-0.4, -0.2) is 14.4 Å². The number of aliphatic carboxylic acids is 1. The Kier molecular flexibility index (Phi) is 4.52. The van der Waals surface area contributed by atoms with E-state index < -0.39 is 16.0 Å². The van der Waals surface area contributed by atoms with Crippen molar-refractivity contribution in [3.8, 4) is 0 Å². The molecule has 0 aliphatic carbocycles. The van der Waals surface area contributed by atoms with Crippen molar-refractivity contribution in [1.29, 1.82) is 0 Å². The summed E-state index contributed by atoms with van der Waals surface area (Å²) in [5.41, 5.74) is 2.58. The second-order valence-corrected chi connectivity index (χ2v) is 8.11. The second-order valence-electron chi connectivity index (χ2n) is 6.43. The number of fused-ring (bicyclic) bond motifs is 3. The summed E-state index contributed by atoms with van der Waals surface area (Å²) in [4.78, 5) is 10.6. The highest BCUT2D eigenvalue weighted by Gasteiger charge is 2.15. The maximum absolute atomic E-state index is 12.7. The monoisotopic (exact) mass is 394 g/mol. The van der Waals surface area contributed by atoms with Crippen LogP contribution in [0.4, 0.5) is 5.69 Å². The molecule has 0 saturated carbocycles. The van der Waals surface area contributed by atoms with Gasteiger partial charge in [-0.15, -0.1) is 0 Å². The number of carbonyl (C=O) groups is 1. The van der Waals surface area contributed by atoms with E-state index >= 15 is 0 Å². The molecule has 4 aromatic rings. The van der Waals surface area contributed by atoms with Gasteiger partial charge in [0.05, 0.1) is 4.90 Å². The Labute approximate surface area is 161 Å². The van der Waals surface area contributed by atoms with Gasteiger partial charge in [-0.3, -0.25) is 4.72 Å². The Hall–Kier alpha value is -3.32. The molecule has 1 aromatic heterocycles. The summed E-state index contributed by atoms with van der Waals surface area (Å²) in [6.45, 7) is 0. The zero-order chi connectivity index (χ0) is 19.7. The van der Waals surface area contributed by atoms with Crippen molar-refractivity contribution in [3.63, 3.8) is 0 Å². The van der Waals surface area contributed by atoms with Crippen LogP contribution in [0, 0.1) is 0 Å². The molecule has 0 unspecified atom stereocenters. The van der Waals surface area contributed by atoms with Gasteiger partial charge in [0.15, 0.2) is 0 Å². The molecule has 142 valence electrons. The number of anilines is 1. The number of carboxylic acids is 1. The van der Waals surface area contributed by atoms with Gasteiger partial charge in [-0.05, 0) is 54.8 Å². The van der Waals surface area contributed by atoms with Crippen molar-refractivity contribution < 1.29 is 22.7 Å². The van der Waals surface area contributed by atoms with Crippen LogP contribution in [0.3, 0.4) is 0 Å². The summed E-state index contributed by atoms with van der Waals surface area (Å²) in [5, 5.41) is 12.3. The quantitative estimate of drug-likeness (QED) is 0.542. The molecule has 0 spiro atoms.